The molecule has 3 heterocycles. The Hall–Kier alpha value is -3.29. The number of nitrogens with zero attached hydrogens (tertiary/aromatic N) is 5. The summed E-state index contributed by atoms with van der Waals surface area (Å²) in [7, 11) is 0. The molecular weight excluding hydrogens is 318 g/mol. The molecule has 0 saturated carbocycles. The number of nitrogens with one attached hydrogen (secondary N) is 2. The number of benzene rings is 1. The highest BCUT2D eigenvalue weighted by atomic mass is 16.2. The molecule has 0 aliphatic rings. The standard InChI is InChI=1S/C17H17N7O/c1-11-8-10-19-17-22-15(23-24(11)17)16(25)18-9-4-7-14-20-12-5-2-3-6-13(12)21-14/h2-3,5-6,8,10H,4,7,9H2,1H3,(H,18,25)(H,20,21). The lowest BCUT2D eigenvalue weighted by Crippen LogP contribution is -2.26. The fourth-order valence-electron chi connectivity index (χ4n) is 2.66. The Kier molecular flexibility index (Phi) is 3.85. The molecule has 0 aliphatic carbocycles. The minimum absolute atomic E-state index is 0.130. The van der Waals surface area contributed by atoms with Gasteiger partial charge in [0.2, 0.25) is 5.82 Å². The van der Waals surface area contributed by atoms with E-state index >= 15 is 0 Å². The minimum Gasteiger partial charge on any atom is -0.349 e. The van der Waals surface area contributed by atoms with Crippen molar-refractivity contribution in [3.05, 3.63) is 53.9 Å². The maximum absolute atomic E-state index is 12.2. The van der Waals surface area contributed by atoms with Gasteiger partial charge in [0.25, 0.3) is 11.7 Å². The van der Waals surface area contributed by atoms with E-state index < -0.39 is 0 Å². The number of carbonyl (C=O) groups excluding carboxylic acids is 1. The minimum atomic E-state index is -0.297. The highest BCUT2D eigenvalue weighted by Gasteiger charge is 2.13. The Morgan fingerprint density at radius 3 is 2.96 bits per heavy atom. The molecule has 0 unspecified atom stereocenters. The summed E-state index contributed by atoms with van der Waals surface area (Å²) in [5.74, 6) is 1.17. The number of fused-ring (bicyclic) bond motifs is 2. The summed E-state index contributed by atoms with van der Waals surface area (Å²) in [6.45, 7) is 2.41. The number of aryl methyl sites for hydroxylation is 2. The third-order valence-electron chi connectivity index (χ3n) is 3.95. The van der Waals surface area contributed by atoms with Crippen molar-refractivity contribution >= 4 is 22.7 Å². The summed E-state index contributed by atoms with van der Waals surface area (Å²) in [6.07, 6.45) is 3.18. The van der Waals surface area contributed by atoms with Crippen molar-refractivity contribution in [2.24, 2.45) is 0 Å². The van der Waals surface area contributed by atoms with Gasteiger partial charge in [-0.2, -0.15) is 4.98 Å². The number of para-hydroxylation sites is 2. The average molecular weight is 335 g/mol. The molecule has 8 nitrogen and oxygen atoms in total. The van der Waals surface area contributed by atoms with Gasteiger partial charge in [0.1, 0.15) is 5.82 Å². The van der Waals surface area contributed by atoms with Crippen LogP contribution >= 0.6 is 0 Å². The normalized spacial score (nSPS) is 11.2. The summed E-state index contributed by atoms with van der Waals surface area (Å²) < 4.78 is 1.56. The van der Waals surface area contributed by atoms with Gasteiger partial charge in [0.05, 0.1) is 11.0 Å². The van der Waals surface area contributed by atoms with E-state index in [1.54, 1.807) is 10.7 Å². The van der Waals surface area contributed by atoms with Gasteiger partial charge in [-0.1, -0.05) is 12.1 Å². The first-order chi connectivity index (χ1) is 12.2. The predicted octanol–water partition coefficient (Wildman–Crippen LogP) is 1.67. The van der Waals surface area contributed by atoms with Gasteiger partial charge in [-0.05, 0) is 31.5 Å². The van der Waals surface area contributed by atoms with Crippen molar-refractivity contribution in [3.8, 4) is 0 Å². The zero-order valence-corrected chi connectivity index (χ0v) is 13.7. The maximum atomic E-state index is 12.2. The molecule has 8 heteroatoms. The Morgan fingerprint density at radius 2 is 2.12 bits per heavy atom. The summed E-state index contributed by atoms with van der Waals surface area (Å²) >= 11 is 0. The highest BCUT2D eigenvalue weighted by molar-refractivity contribution is 5.90. The number of aromatic nitrogens is 6. The molecule has 126 valence electrons. The third kappa shape index (κ3) is 3.06. The average Bonchev–Trinajstić information content (AvgIpc) is 3.23. The van der Waals surface area contributed by atoms with Gasteiger partial charge in [-0.25, -0.2) is 14.5 Å². The van der Waals surface area contributed by atoms with Crippen LogP contribution in [0.3, 0.4) is 0 Å². The van der Waals surface area contributed by atoms with Crippen LogP contribution in [-0.2, 0) is 6.42 Å². The molecular formula is C17H17N7O. The van der Waals surface area contributed by atoms with Crippen LogP contribution in [0, 0.1) is 6.92 Å². The monoisotopic (exact) mass is 335 g/mol. The molecule has 0 fully saturated rings. The number of amides is 1. The molecule has 4 aromatic rings. The van der Waals surface area contributed by atoms with E-state index in [4.69, 9.17) is 0 Å². The fourth-order valence-corrected chi connectivity index (χ4v) is 2.66. The lowest BCUT2D eigenvalue weighted by atomic mass is 10.3. The van der Waals surface area contributed by atoms with E-state index in [0.717, 1.165) is 35.4 Å². The zero-order valence-electron chi connectivity index (χ0n) is 13.7. The molecule has 0 atom stereocenters. The second-order valence-corrected chi connectivity index (χ2v) is 5.79. The summed E-state index contributed by atoms with van der Waals surface area (Å²) in [6, 6.07) is 9.73. The van der Waals surface area contributed by atoms with Crippen molar-refractivity contribution in [2.45, 2.75) is 19.8 Å². The van der Waals surface area contributed by atoms with Crippen molar-refractivity contribution in [3.63, 3.8) is 0 Å². The third-order valence-corrected chi connectivity index (χ3v) is 3.95. The van der Waals surface area contributed by atoms with E-state index in [1.165, 1.54) is 0 Å². The van der Waals surface area contributed by atoms with Crippen LogP contribution in [0.15, 0.2) is 36.5 Å². The van der Waals surface area contributed by atoms with Crippen LogP contribution in [0.1, 0.15) is 28.6 Å². The number of carbonyl (C=O) groups is 1. The van der Waals surface area contributed by atoms with E-state index in [9.17, 15) is 4.79 Å². The van der Waals surface area contributed by atoms with Crippen molar-refractivity contribution in [2.75, 3.05) is 6.54 Å². The van der Waals surface area contributed by atoms with Gasteiger partial charge in [0, 0.05) is 24.9 Å². The van der Waals surface area contributed by atoms with Crippen LogP contribution in [-0.4, -0.2) is 42.0 Å². The number of hydrogen-bond donors (Lipinski definition) is 2. The van der Waals surface area contributed by atoms with Crippen LogP contribution in [0.5, 0.6) is 0 Å². The maximum Gasteiger partial charge on any atom is 0.291 e. The summed E-state index contributed by atoms with van der Waals surface area (Å²) in [5.41, 5.74) is 2.86. The van der Waals surface area contributed by atoms with Crippen molar-refractivity contribution in [1.82, 2.24) is 34.9 Å². The van der Waals surface area contributed by atoms with Gasteiger partial charge in [-0.15, -0.1) is 5.10 Å². The van der Waals surface area contributed by atoms with E-state index in [1.807, 2.05) is 37.3 Å². The van der Waals surface area contributed by atoms with Gasteiger partial charge in [-0.3, -0.25) is 4.79 Å². The topological polar surface area (TPSA) is 101 Å². The summed E-state index contributed by atoms with van der Waals surface area (Å²) in [4.78, 5) is 28.2. The first-order valence-electron chi connectivity index (χ1n) is 8.11. The Balaban J connectivity index is 1.34. The molecule has 3 aromatic heterocycles. The summed E-state index contributed by atoms with van der Waals surface area (Å²) in [5, 5.41) is 7.03. The predicted molar refractivity (Wildman–Crippen MR) is 92.3 cm³/mol. The van der Waals surface area contributed by atoms with Gasteiger partial charge >= 0.3 is 0 Å². The lowest BCUT2D eigenvalue weighted by Gasteiger charge is -2.01. The molecule has 25 heavy (non-hydrogen) atoms. The fraction of sp³-hybridized carbons (Fsp3) is 0.235. The van der Waals surface area contributed by atoms with E-state index in [0.29, 0.717) is 12.3 Å². The Bertz CT molecular complexity index is 1020. The first kappa shape index (κ1) is 15.3. The first-order valence-corrected chi connectivity index (χ1v) is 8.11. The van der Waals surface area contributed by atoms with Crippen LogP contribution in [0.2, 0.25) is 0 Å². The molecule has 1 amide bonds. The smallest absolute Gasteiger partial charge is 0.291 e. The second-order valence-electron chi connectivity index (χ2n) is 5.79. The highest BCUT2D eigenvalue weighted by Crippen LogP contribution is 2.11. The number of aromatic amines is 1. The molecule has 0 saturated heterocycles. The zero-order chi connectivity index (χ0) is 17.2. The Morgan fingerprint density at radius 1 is 1.24 bits per heavy atom. The van der Waals surface area contributed by atoms with Crippen LogP contribution in [0.25, 0.3) is 16.8 Å². The van der Waals surface area contributed by atoms with Crippen LogP contribution < -0.4 is 5.32 Å². The molecule has 0 aliphatic heterocycles. The van der Waals surface area contributed by atoms with Gasteiger partial charge < -0.3 is 10.3 Å². The molecule has 0 spiro atoms. The molecule has 1 aromatic carbocycles. The molecule has 4 rings (SSSR count). The lowest BCUT2D eigenvalue weighted by molar-refractivity contribution is 0.0943. The number of rotatable bonds is 5. The largest absolute Gasteiger partial charge is 0.349 e. The van der Waals surface area contributed by atoms with Crippen LogP contribution in [0.4, 0.5) is 0 Å². The van der Waals surface area contributed by atoms with E-state index in [-0.39, 0.29) is 11.7 Å². The molecule has 0 radical (unpaired) electrons. The van der Waals surface area contributed by atoms with E-state index in [2.05, 4.69) is 30.4 Å². The quantitative estimate of drug-likeness (QED) is 0.540. The second kappa shape index (κ2) is 6.31. The number of H-pyrrole nitrogens is 1. The van der Waals surface area contributed by atoms with Crippen molar-refractivity contribution in [1.29, 1.82) is 0 Å². The number of hydrogen-bond acceptors (Lipinski definition) is 5. The Labute approximate surface area is 143 Å². The molecule has 0 bridgehead atoms. The number of imidazole rings is 1. The molecule has 2 N–H and O–H groups in total. The van der Waals surface area contributed by atoms with Gasteiger partial charge in [0.15, 0.2) is 0 Å². The van der Waals surface area contributed by atoms with Crippen molar-refractivity contribution < 1.29 is 4.79 Å². The SMILES string of the molecule is Cc1ccnc2nc(C(=O)NCCCc3nc4ccccc4[nH]3)nn12.